The Labute approximate surface area is 69.5 Å². The fourth-order valence-electron chi connectivity index (χ4n) is 1.62. The molecule has 3 nitrogen and oxygen atoms in total. The Bertz CT molecular complexity index is 183. The maximum absolute atomic E-state index is 10.7. The molecule has 11 heavy (non-hydrogen) atoms. The van der Waals surface area contributed by atoms with Crippen LogP contribution < -0.4 is 0 Å². The summed E-state index contributed by atoms with van der Waals surface area (Å²) in [4.78, 5) is 0. The van der Waals surface area contributed by atoms with Crippen molar-refractivity contribution in [3.8, 4) is 0 Å². The molecule has 1 saturated heterocycles. The van der Waals surface area contributed by atoms with Gasteiger partial charge in [-0.1, -0.05) is 13.3 Å². The van der Waals surface area contributed by atoms with Gasteiger partial charge in [0.05, 0.1) is 0 Å². The van der Waals surface area contributed by atoms with E-state index in [0.29, 0.717) is 0 Å². The minimum atomic E-state index is -2.33. The van der Waals surface area contributed by atoms with E-state index in [2.05, 4.69) is 0 Å². The second-order valence-electron chi connectivity index (χ2n) is 2.96. The Hall–Kier alpha value is -0.0900. The van der Waals surface area contributed by atoms with Crippen molar-refractivity contribution in [3.05, 3.63) is 0 Å². The predicted molar refractivity (Wildman–Crippen MR) is 45.0 cm³/mol. The molecule has 4 heteroatoms. The van der Waals surface area contributed by atoms with Crippen molar-refractivity contribution in [1.29, 1.82) is 0 Å². The quantitative estimate of drug-likeness (QED) is 0.633. The summed E-state index contributed by atoms with van der Waals surface area (Å²) in [5.74, 6) is 0. The number of hydrogen-bond acceptors (Lipinski definition) is 2. The van der Waals surface area contributed by atoms with Crippen molar-refractivity contribution in [2.75, 3.05) is 6.54 Å². The van der Waals surface area contributed by atoms with Gasteiger partial charge >= 0.3 is 0 Å². The zero-order chi connectivity index (χ0) is 8.27. The lowest BCUT2D eigenvalue weighted by atomic mass is 10.0. The third-order valence-electron chi connectivity index (χ3n) is 2.28. The van der Waals surface area contributed by atoms with Crippen molar-refractivity contribution in [3.63, 3.8) is 0 Å². The first-order valence-corrected chi connectivity index (χ1v) is 5.29. The van der Waals surface area contributed by atoms with Crippen molar-refractivity contribution in [2.45, 2.75) is 38.6 Å². The molecule has 0 saturated carbocycles. The molecule has 1 aliphatic heterocycles. The zero-order valence-corrected chi connectivity index (χ0v) is 7.72. The molecular weight excluding hydrogens is 162 g/mol. The van der Waals surface area contributed by atoms with Crippen LogP contribution in [0, 0.1) is 0 Å². The molecule has 0 amide bonds. The van der Waals surface area contributed by atoms with Crippen molar-refractivity contribution in [1.82, 2.24) is 4.31 Å². The van der Waals surface area contributed by atoms with E-state index in [1.807, 2.05) is 6.92 Å². The first kappa shape index (κ1) is 9.00. The van der Waals surface area contributed by atoms with Gasteiger partial charge in [0.15, 0.2) is 0 Å². The van der Waals surface area contributed by atoms with Gasteiger partial charge in [-0.2, -0.15) is 0 Å². The molecule has 0 aliphatic carbocycles. The molecule has 0 aromatic rings. The Morgan fingerprint density at radius 2 is 2.18 bits per heavy atom. The van der Waals surface area contributed by atoms with Crippen molar-refractivity contribution in [2.24, 2.45) is 0 Å². The Balaban J connectivity index is 2.58. The van der Waals surface area contributed by atoms with Gasteiger partial charge in [0.25, 0.3) is 0 Å². The fourth-order valence-corrected chi connectivity index (χ4v) is 2.47. The van der Waals surface area contributed by atoms with Crippen LogP contribution in [0.4, 0.5) is 0 Å². The highest BCUT2D eigenvalue weighted by Crippen LogP contribution is 2.18. The highest BCUT2D eigenvalue weighted by Gasteiger charge is 2.21. The molecule has 0 spiro atoms. The van der Waals surface area contributed by atoms with E-state index in [1.54, 1.807) is 4.31 Å². The molecule has 1 heterocycles. The maximum atomic E-state index is 10.7. The van der Waals surface area contributed by atoms with Crippen LogP contribution in [-0.2, 0) is 10.9 Å². The lowest BCUT2D eigenvalue weighted by molar-refractivity contribution is 0.253. The van der Waals surface area contributed by atoms with Gasteiger partial charge in [0.2, 0.25) is 10.9 Å². The molecule has 1 rings (SSSR count). The maximum Gasteiger partial charge on any atom is 0.204 e. The Morgan fingerprint density at radius 1 is 1.45 bits per heavy atom. The first-order chi connectivity index (χ1) is 5.25. The fraction of sp³-hybridized carbons (Fsp3) is 1.00. The topological polar surface area (TPSA) is 37.4 Å². The SMILES string of the molecule is CCC1CCCCN1[SH](=O)=O. The first-order valence-electron chi connectivity index (χ1n) is 4.16. The van der Waals surface area contributed by atoms with E-state index in [-0.39, 0.29) is 6.04 Å². The predicted octanol–water partition coefficient (Wildman–Crippen LogP) is 0.777. The average molecular weight is 177 g/mol. The number of rotatable bonds is 2. The molecule has 0 N–H and O–H groups in total. The van der Waals surface area contributed by atoms with Gasteiger partial charge in [-0.15, -0.1) is 0 Å². The van der Waals surface area contributed by atoms with Crippen molar-refractivity contribution < 1.29 is 8.42 Å². The minimum Gasteiger partial charge on any atom is -0.215 e. The second kappa shape index (κ2) is 4.07. The third-order valence-corrected chi connectivity index (χ3v) is 3.22. The van der Waals surface area contributed by atoms with Gasteiger partial charge in [0.1, 0.15) is 0 Å². The number of nitrogens with zero attached hydrogens (tertiary/aromatic N) is 1. The summed E-state index contributed by atoms with van der Waals surface area (Å²) in [5, 5.41) is 0. The Kier molecular flexibility index (Phi) is 3.33. The van der Waals surface area contributed by atoms with E-state index >= 15 is 0 Å². The summed E-state index contributed by atoms with van der Waals surface area (Å²) < 4.78 is 23.0. The largest absolute Gasteiger partial charge is 0.215 e. The smallest absolute Gasteiger partial charge is 0.204 e. The molecule has 0 radical (unpaired) electrons. The molecule has 1 aliphatic rings. The summed E-state index contributed by atoms with van der Waals surface area (Å²) in [7, 11) is -2.33. The van der Waals surface area contributed by atoms with Crippen LogP contribution in [0.1, 0.15) is 32.6 Å². The minimum absolute atomic E-state index is 0.282. The van der Waals surface area contributed by atoms with Crippen LogP contribution in [0.15, 0.2) is 0 Å². The monoisotopic (exact) mass is 177 g/mol. The molecule has 1 atom stereocenters. The third kappa shape index (κ3) is 2.17. The standard InChI is InChI=1S/C7H15NO2S/c1-2-7-5-3-4-6-8(7)11(9)10/h7,11H,2-6H2,1H3. The van der Waals surface area contributed by atoms with E-state index in [9.17, 15) is 8.42 Å². The summed E-state index contributed by atoms with van der Waals surface area (Å²) >= 11 is 0. The number of hydrogen-bond donors (Lipinski definition) is 1. The molecule has 0 aromatic heterocycles. The van der Waals surface area contributed by atoms with Gasteiger partial charge in [-0.25, -0.2) is 12.7 Å². The van der Waals surface area contributed by atoms with Gasteiger partial charge in [-0.3, -0.25) is 0 Å². The summed E-state index contributed by atoms with van der Waals surface area (Å²) in [6.45, 7) is 2.78. The molecule has 66 valence electrons. The lowest BCUT2D eigenvalue weighted by Crippen LogP contribution is -2.37. The molecule has 0 aromatic carbocycles. The average Bonchev–Trinajstić information content (AvgIpc) is 2.04. The normalized spacial score (nSPS) is 27.6. The van der Waals surface area contributed by atoms with Crippen LogP contribution >= 0.6 is 0 Å². The van der Waals surface area contributed by atoms with Gasteiger partial charge in [-0.05, 0) is 19.3 Å². The van der Waals surface area contributed by atoms with Crippen LogP contribution in [0.5, 0.6) is 0 Å². The zero-order valence-electron chi connectivity index (χ0n) is 6.82. The number of thiol groups is 1. The van der Waals surface area contributed by atoms with E-state index < -0.39 is 10.9 Å². The summed E-state index contributed by atoms with van der Waals surface area (Å²) in [6.07, 6.45) is 4.20. The van der Waals surface area contributed by atoms with Crippen LogP contribution in [-0.4, -0.2) is 25.3 Å². The van der Waals surface area contributed by atoms with E-state index in [4.69, 9.17) is 0 Å². The second-order valence-corrected chi connectivity index (χ2v) is 3.95. The molecule has 1 fully saturated rings. The van der Waals surface area contributed by atoms with E-state index in [0.717, 1.165) is 25.8 Å². The van der Waals surface area contributed by atoms with E-state index in [1.165, 1.54) is 6.42 Å². The molecule has 0 bridgehead atoms. The lowest BCUT2D eigenvalue weighted by Gasteiger charge is -2.29. The Morgan fingerprint density at radius 3 is 2.64 bits per heavy atom. The molecule has 1 unspecified atom stereocenters. The van der Waals surface area contributed by atoms with Gasteiger partial charge in [0, 0.05) is 12.6 Å². The highest BCUT2D eigenvalue weighted by atomic mass is 32.2. The van der Waals surface area contributed by atoms with Gasteiger partial charge < -0.3 is 0 Å². The highest BCUT2D eigenvalue weighted by molar-refractivity contribution is 7.69. The van der Waals surface area contributed by atoms with Crippen LogP contribution in [0.25, 0.3) is 0 Å². The van der Waals surface area contributed by atoms with Crippen molar-refractivity contribution >= 4 is 10.9 Å². The van der Waals surface area contributed by atoms with Crippen LogP contribution in [0.3, 0.4) is 0 Å². The molecular formula is C7H15NO2S. The number of piperidine rings is 1. The summed E-state index contributed by atoms with van der Waals surface area (Å²) in [5.41, 5.74) is 0. The van der Waals surface area contributed by atoms with Crippen LogP contribution in [0.2, 0.25) is 0 Å². The summed E-state index contributed by atoms with van der Waals surface area (Å²) in [6, 6.07) is 0.282.